The lowest BCUT2D eigenvalue weighted by molar-refractivity contribution is -0.153. The molecule has 2 heteroatoms. The summed E-state index contributed by atoms with van der Waals surface area (Å²) in [7, 11) is -1.46. The predicted molar refractivity (Wildman–Crippen MR) is 68.5 cm³/mol. The van der Waals surface area contributed by atoms with Crippen molar-refractivity contribution in [1.82, 2.24) is 0 Å². The van der Waals surface area contributed by atoms with E-state index >= 15 is 0 Å². The Balaban J connectivity index is 2.44. The third-order valence-electron chi connectivity index (χ3n) is 2.67. The molecule has 0 fully saturated rings. The first-order chi connectivity index (χ1) is 7.70. The van der Waals surface area contributed by atoms with Gasteiger partial charge in [-0.3, -0.25) is 0 Å². The van der Waals surface area contributed by atoms with Crippen molar-refractivity contribution in [2.75, 3.05) is 0 Å². The number of rotatable bonds is 2. The fourth-order valence-corrected chi connectivity index (χ4v) is 3.20. The molecule has 0 N–H and O–H groups in total. The minimum Gasteiger partial charge on any atom is -0.822 e. The molecule has 0 atom stereocenters. The van der Waals surface area contributed by atoms with Crippen molar-refractivity contribution in [3.63, 3.8) is 0 Å². The Hall–Kier alpha value is -1.17. The van der Waals surface area contributed by atoms with Crippen LogP contribution in [0.15, 0.2) is 48.5 Å². The third-order valence-corrected chi connectivity index (χ3v) is 4.55. The molecule has 0 radical (unpaired) electrons. The van der Waals surface area contributed by atoms with Crippen LogP contribution in [0.1, 0.15) is 11.1 Å². The average Bonchev–Trinajstić information content (AvgIpc) is 2.29. The monoisotopic (exact) mass is 229 g/mol. The van der Waals surface area contributed by atoms with Gasteiger partial charge in [0.05, 0.1) is 0 Å². The van der Waals surface area contributed by atoms with Gasteiger partial charge < -0.3 is 4.89 Å². The molecule has 16 heavy (non-hydrogen) atoms. The number of hydrogen-bond donors (Lipinski definition) is 0. The predicted octanol–water partition coefficient (Wildman–Crippen LogP) is 2.01. The molecule has 0 saturated heterocycles. The summed E-state index contributed by atoms with van der Waals surface area (Å²) >= 11 is 0. The number of hydrogen-bond acceptors (Lipinski definition) is 1. The zero-order valence-corrected chi connectivity index (χ0v) is 10.4. The minimum absolute atomic E-state index is 0.937. The Morgan fingerprint density at radius 3 is 1.50 bits per heavy atom. The van der Waals surface area contributed by atoms with Crippen molar-refractivity contribution in [3.05, 3.63) is 59.7 Å². The van der Waals surface area contributed by atoms with Crippen LogP contribution in [0.4, 0.5) is 0 Å². The van der Waals surface area contributed by atoms with Gasteiger partial charge in [0.1, 0.15) is 0 Å². The van der Waals surface area contributed by atoms with Crippen molar-refractivity contribution in [2.24, 2.45) is 0 Å². The molecule has 0 unspecified atom stereocenters. The molecule has 0 aliphatic rings. The lowest BCUT2D eigenvalue weighted by Crippen LogP contribution is -2.23. The van der Waals surface area contributed by atoms with Gasteiger partial charge in [0, 0.05) is 0 Å². The number of benzene rings is 2. The topological polar surface area (TPSA) is 23.1 Å². The van der Waals surface area contributed by atoms with Gasteiger partial charge in [0.2, 0.25) is 0 Å². The van der Waals surface area contributed by atoms with Gasteiger partial charge in [-0.2, -0.15) is 0 Å². The van der Waals surface area contributed by atoms with E-state index in [9.17, 15) is 4.89 Å². The molecule has 2 aromatic rings. The van der Waals surface area contributed by atoms with Crippen LogP contribution in [-0.4, -0.2) is 0 Å². The smallest absolute Gasteiger partial charge is 0.0324 e. The van der Waals surface area contributed by atoms with Crippen molar-refractivity contribution in [1.29, 1.82) is 0 Å². The summed E-state index contributed by atoms with van der Waals surface area (Å²) in [5, 5.41) is 1.87. The van der Waals surface area contributed by atoms with Crippen LogP contribution >= 0.6 is 8.15 Å². The first-order valence-corrected chi connectivity index (χ1v) is 6.54. The van der Waals surface area contributed by atoms with E-state index in [1.165, 1.54) is 0 Å². The molecule has 82 valence electrons. The molecule has 2 aromatic carbocycles. The van der Waals surface area contributed by atoms with E-state index in [0.717, 1.165) is 21.7 Å². The summed E-state index contributed by atoms with van der Waals surface area (Å²) < 4.78 is 0. The summed E-state index contributed by atoms with van der Waals surface area (Å²) in [6, 6.07) is 15.7. The normalized spacial score (nSPS) is 10.8. The maximum atomic E-state index is 12.4. The van der Waals surface area contributed by atoms with Crippen LogP contribution in [0.25, 0.3) is 0 Å². The lowest BCUT2D eigenvalue weighted by Gasteiger charge is -2.27. The van der Waals surface area contributed by atoms with Crippen LogP contribution in [0.5, 0.6) is 0 Å². The molecule has 0 heterocycles. The van der Waals surface area contributed by atoms with E-state index in [1.807, 2.05) is 62.4 Å². The molecule has 0 saturated carbocycles. The van der Waals surface area contributed by atoms with E-state index in [1.54, 1.807) is 0 Å². The molecule has 0 bridgehead atoms. The summed E-state index contributed by atoms with van der Waals surface area (Å²) in [5.41, 5.74) is 2.18. The fraction of sp³-hybridized carbons (Fsp3) is 0.143. The second kappa shape index (κ2) is 4.78. The molecular formula is C14H14OP-. The standard InChI is InChI=1S/C14H14OP/c1-11-7-3-5-9-13(11)16(15)14-10-6-4-8-12(14)2/h3-10H,1-2H3/q-1. The molecule has 0 aliphatic heterocycles. The van der Waals surface area contributed by atoms with E-state index in [2.05, 4.69) is 0 Å². The largest absolute Gasteiger partial charge is 0.822 e. The molecular weight excluding hydrogens is 215 g/mol. The lowest BCUT2D eigenvalue weighted by atomic mass is 10.2. The van der Waals surface area contributed by atoms with Crippen molar-refractivity contribution < 1.29 is 4.89 Å². The maximum absolute atomic E-state index is 12.4. The summed E-state index contributed by atoms with van der Waals surface area (Å²) in [6.45, 7) is 4.00. The SMILES string of the molecule is Cc1ccccc1P([O-])c1ccccc1C. The molecule has 0 aliphatic carbocycles. The summed E-state index contributed by atoms with van der Waals surface area (Å²) in [6.07, 6.45) is 0. The van der Waals surface area contributed by atoms with Gasteiger partial charge in [-0.1, -0.05) is 48.5 Å². The third kappa shape index (κ3) is 2.16. The molecule has 0 amide bonds. The zero-order valence-electron chi connectivity index (χ0n) is 9.47. The van der Waals surface area contributed by atoms with Gasteiger partial charge in [-0.15, -0.1) is 8.15 Å². The van der Waals surface area contributed by atoms with Crippen LogP contribution < -0.4 is 15.5 Å². The second-order valence-corrected chi connectivity index (χ2v) is 5.42. The highest BCUT2D eigenvalue weighted by molar-refractivity contribution is 7.66. The highest BCUT2D eigenvalue weighted by atomic mass is 31.1. The second-order valence-electron chi connectivity index (χ2n) is 3.87. The Morgan fingerprint density at radius 1 is 0.750 bits per heavy atom. The Morgan fingerprint density at radius 2 is 1.12 bits per heavy atom. The first-order valence-electron chi connectivity index (χ1n) is 5.28. The summed E-state index contributed by atoms with van der Waals surface area (Å²) in [4.78, 5) is 12.4. The van der Waals surface area contributed by atoms with Gasteiger partial charge in [-0.25, -0.2) is 0 Å². The van der Waals surface area contributed by atoms with E-state index in [0.29, 0.717) is 0 Å². The van der Waals surface area contributed by atoms with E-state index < -0.39 is 8.15 Å². The van der Waals surface area contributed by atoms with E-state index in [-0.39, 0.29) is 0 Å². The van der Waals surface area contributed by atoms with Gasteiger partial charge in [-0.05, 0) is 35.6 Å². The van der Waals surface area contributed by atoms with E-state index in [4.69, 9.17) is 0 Å². The van der Waals surface area contributed by atoms with Gasteiger partial charge in [0.15, 0.2) is 0 Å². The van der Waals surface area contributed by atoms with Crippen molar-refractivity contribution in [2.45, 2.75) is 13.8 Å². The molecule has 1 nitrogen and oxygen atoms in total. The van der Waals surface area contributed by atoms with Crippen LogP contribution in [0.2, 0.25) is 0 Å². The van der Waals surface area contributed by atoms with Crippen molar-refractivity contribution in [3.8, 4) is 0 Å². The number of aryl methyl sites for hydroxylation is 2. The molecule has 0 aromatic heterocycles. The van der Waals surface area contributed by atoms with Gasteiger partial charge in [0.25, 0.3) is 0 Å². The average molecular weight is 229 g/mol. The first kappa shape index (κ1) is 11.3. The molecule has 2 rings (SSSR count). The van der Waals surface area contributed by atoms with Crippen LogP contribution in [-0.2, 0) is 0 Å². The van der Waals surface area contributed by atoms with Crippen LogP contribution in [0, 0.1) is 13.8 Å². The highest BCUT2D eigenvalue weighted by Crippen LogP contribution is 2.26. The van der Waals surface area contributed by atoms with Gasteiger partial charge >= 0.3 is 0 Å². The Bertz CT molecular complexity index is 448. The van der Waals surface area contributed by atoms with Crippen molar-refractivity contribution >= 4 is 18.8 Å². The molecule has 0 spiro atoms. The minimum atomic E-state index is -1.46. The Kier molecular flexibility index (Phi) is 3.38. The highest BCUT2D eigenvalue weighted by Gasteiger charge is 2.05. The quantitative estimate of drug-likeness (QED) is 0.722. The maximum Gasteiger partial charge on any atom is -0.0324 e. The zero-order chi connectivity index (χ0) is 11.5. The summed E-state index contributed by atoms with van der Waals surface area (Å²) in [5.74, 6) is 0. The van der Waals surface area contributed by atoms with Crippen LogP contribution in [0.3, 0.4) is 0 Å². The Labute approximate surface area is 97.6 Å². The fourth-order valence-electron chi connectivity index (χ4n) is 1.71.